The zero-order valence-electron chi connectivity index (χ0n) is 5.73. The number of hydrogen-bond donors (Lipinski definition) is 1. The van der Waals surface area contributed by atoms with Crippen molar-refractivity contribution in [2.45, 2.75) is 6.54 Å². The van der Waals surface area contributed by atoms with Gasteiger partial charge < -0.3 is 0 Å². The molecule has 0 aliphatic carbocycles. The van der Waals surface area contributed by atoms with Crippen LogP contribution in [0.5, 0.6) is 0 Å². The summed E-state index contributed by atoms with van der Waals surface area (Å²) in [6, 6.07) is 3.78. The molecule has 0 aliphatic heterocycles. The highest BCUT2D eigenvalue weighted by Gasteiger charge is 1.94. The second-order valence-electron chi connectivity index (χ2n) is 2.03. The van der Waals surface area contributed by atoms with Crippen LogP contribution in [-0.2, 0) is 6.54 Å². The van der Waals surface area contributed by atoms with Crippen molar-refractivity contribution >= 4 is 12.8 Å². The predicted octanol–water partition coefficient (Wildman–Crippen LogP) is 0.753. The Morgan fingerprint density at radius 1 is 1.70 bits per heavy atom. The van der Waals surface area contributed by atoms with Gasteiger partial charge in [0.1, 0.15) is 0 Å². The van der Waals surface area contributed by atoms with Crippen LogP contribution < -0.4 is 0 Å². The quantitative estimate of drug-likeness (QED) is 0.639. The van der Waals surface area contributed by atoms with E-state index in [4.69, 9.17) is 0 Å². The Balaban J connectivity index is 2.59. The first-order valence-corrected chi connectivity index (χ1v) is 3.35. The Morgan fingerprint density at radius 3 is 3.00 bits per heavy atom. The maximum Gasteiger partial charge on any atom is 0.0780 e. The fraction of sp³-hybridized carbons (Fsp3) is 0.333. The van der Waals surface area contributed by atoms with Gasteiger partial charge in [0.15, 0.2) is 0 Å². The summed E-state index contributed by atoms with van der Waals surface area (Å²) >= 11 is 4.08. The van der Waals surface area contributed by atoms with Crippen molar-refractivity contribution in [3.05, 3.63) is 24.0 Å². The van der Waals surface area contributed by atoms with Gasteiger partial charge in [-0.25, -0.2) is 0 Å². The second-order valence-corrected chi connectivity index (χ2v) is 2.71. The molecule has 0 fully saturated rings. The normalized spacial score (nSPS) is 10.3. The molecule has 0 radical (unpaired) electrons. The first kappa shape index (κ1) is 7.50. The van der Waals surface area contributed by atoms with E-state index < -0.39 is 0 Å². The number of hydrogen-bond acceptors (Lipinski definition) is 4. The minimum absolute atomic E-state index is 0.719. The van der Waals surface area contributed by atoms with Crippen LogP contribution in [0.2, 0.25) is 0 Å². The topological polar surface area (TPSA) is 29.0 Å². The monoisotopic (exact) mass is 155 g/mol. The average Bonchev–Trinajstić information content (AvgIpc) is 1.88. The van der Waals surface area contributed by atoms with E-state index in [1.807, 2.05) is 19.2 Å². The Morgan fingerprint density at radius 2 is 2.50 bits per heavy atom. The lowest BCUT2D eigenvalue weighted by molar-refractivity contribution is 0.556. The van der Waals surface area contributed by atoms with Gasteiger partial charge >= 0.3 is 0 Å². The molecule has 10 heavy (non-hydrogen) atoms. The molecule has 4 heteroatoms. The van der Waals surface area contributed by atoms with Gasteiger partial charge in [-0.15, -0.1) is 0 Å². The van der Waals surface area contributed by atoms with Crippen molar-refractivity contribution in [2.75, 3.05) is 7.05 Å². The first-order chi connectivity index (χ1) is 4.79. The minimum Gasteiger partial charge on any atom is -0.250 e. The highest BCUT2D eigenvalue weighted by Crippen LogP contribution is 1.97. The molecule has 0 unspecified atom stereocenters. The summed E-state index contributed by atoms with van der Waals surface area (Å²) < 4.78 is 1.75. The van der Waals surface area contributed by atoms with Gasteiger partial charge in [0.05, 0.1) is 12.2 Å². The van der Waals surface area contributed by atoms with Crippen LogP contribution in [-0.4, -0.2) is 21.6 Å². The van der Waals surface area contributed by atoms with Crippen molar-refractivity contribution < 1.29 is 0 Å². The van der Waals surface area contributed by atoms with Gasteiger partial charge in [0.25, 0.3) is 0 Å². The molecule has 1 rings (SSSR count). The zero-order valence-corrected chi connectivity index (χ0v) is 6.62. The summed E-state index contributed by atoms with van der Waals surface area (Å²) in [5, 5.41) is 7.61. The summed E-state index contributed by atoms with van der Waals surface area (Å²) in [4.78, 5) is 0. The van der Waals surface area contributed by atoms with E-state index in [2.05, 4.69) is 23.0 Å². The van der Waals surface area contributed by atoms with E-state index in [-0.39, 0.29) is 0 Å². The van der Waals surface area contributed by atoms with E-state index in [9.17, 15) is 0 Å². The molecule has 0 bridgehead atoms. The number of aromatic nitrogens is 2. The molecule has 54 valence electrons. The Kier molecular flexibility index (Phi) is 2.65. The van der Waals surface area contributed by atoms with Crippen LogP contribution in [0.15, 0.2) is 18.3 Å². The van der Waals surface area contributed by atoms with E-state index in [0.717, 1.165) is 12.2 Å². The summed E-state index contributed by atoms with van der Waals surface area (Å²) in [6.45, 7) is 0.719. The molecule has 0 amide bonds. The number of thiol groups is 1. The largest absolute Gasteiger partial charge is 0.250 e. The molecule has 0 atom stereocenters. The second kappa shape index (κ2) is 3.53. The van der Waals surface area contributed by atoms with Gasteiger partial charge in [-0.3, -0.25) is 4.31 Å². The van der Waals surface area contributed by atoms with Crippen molar-refractivity contribution in [3.8, 4) is 0 Å². The van der Waals surface area contributed by atoms with Crippen molar-refractivity contribution in [1.82, 2.24) is 14.5 Å². The molecule has 0 N–H and O–H groups in total. The summed E-state index contributed by atoms with van der Waals surface area (Å²) in [7, 11) is 1.87. The zero-order chi connectivity index (χ0) is 7.40. The van der Waals surface area contributed by atoms with Crippen LogP contribution in [0.4, 0.5) is 0 Å². The van der Waals surface area contributed by atoms with Crippen molar-refractivity contribution in [3.63, 3.8) is 0 Å². The summed E-state index contributed by atoms with van der Waals surface area (Å²) in [5.74, 6) is 0. The van der Waals surface area contributed by atoms with Crippen LogP contribution in [0, 0.1) is 0 Å². The lowest BCUT2D eigenvalue weighted by atomic mass is 10.4. The Labute approximate surface area is 65.6 Å². The summed E-state index contributed by atoms with van der Waals surface area (Å²) in [6.07, 6.45) is 1.65. The highest BCUT2D eigenvalue weighted by molar-refractivity contribution is 7.77. The van der Waals surface area contributed by atoms with Crippen molar-refractivity contribution in [1.29, 1.82) is 0 Å². The fourth-order valence-corrected chi connectivity index (χ4v) is 0.797. The molecule has 0 spiro atoms. The Bertz CT molecular complexity index is 187. The van der Waals surface area contributed by atoms with Crippen LogP contribution in [0.1, 0.15) is 5.69 Å². The van der Waals surface area contributed by atoms with Gasteiger partial charge in [-0.2, -0.15) is 10.2 Å². The molecule has 3 nitrogen and oxygen atoms in total. The van der Waals surface area contributed by atoms with Gasteiger partial charge in [-0.05, 0) is 19.2 Å². The van der Waals surface area contributed by atoms with Crippen LogP contribution in [0.3, 0.4) is 0 Å². The fourth-order valence-electron chi connectivity index (χ4n) is 0.652. The third kappa shape index (κ3) is 2.33. The van der Waals surface area contributed by atoms with Gasteiger partial charge in [0.2, 0.25) is 0 Å². The lowest BCUT2D eigenvalue weighted by Crippen LogP contribution is -2.06. The Hall–Kier alpha value is -0.610. The third-order valence-corrected chi connectivity index (χ3v) is 1.16. The van der Waals surface area contributed by atoms with E-state index in [0.29, 0.717) is 0 Å². The minimum atomic E-state index is 0.719. The average molecular weight is 155 g/mol. The molecule has 0 aromatic carbocycles. The number of rotatable bonds is 2. The molecule has 0 aliphatic rings. The smallest absolute Gasteiger partial charge is 0.0780 e. The van der Waals surface area contributed by atoms with Gasteiger partial charge in [0, 0.05) is 6.20 Å². The highest BCUT2D eigenvalue weighted by atomic mass is 32.1. The van der Waals surface area contributed by atoms with E-state index in [1.54, 1.807) is 10.5 Å². The molecular weight excluding hydrogens is 146 g/mol. The number of nitrogens with zero attached hydrogens (tertiary/aromatic N) is 3. The molecule has 1 heterocycles. The first-order valence-electron chi connectivity index (χ1n) is 2.95. The van der Waals surface area contributed by atoms with E-state index in [1.165, 1.54) is 0 Å². The van der Waals surface area contributed by atoms with Crippen LogP contribution >= 0.6 is 12.8 Å². The molecule has 0 saturated carbocycles. The molecule has 1 aromatic heterocycles. The van der Waals surface area contributed by atoms with E-state index >= 15 is 0 Å². The third-order valence-electron chi connectivity index (χ3n) is 1.02. The standard InChI is InChI=1S/C6H9N3S/c1-9(10)5-6-3-2-4-7-8-6/h2-4,10H,5H2,1H3. The molecule has 0 saturated heterocycles. The maximum atomic E-state index is 4.08. The predicted molar refractivity (Wildman–Crippen MR) is 42.5 cm³/mol. The molecule has 1 aromatic rings. The lowest BCUT2D eigenvalue weighted by Gasteiger charge is -2.04. The van der Waals surface area contributed by atoms with Crippen molar-refractivity contribution in [2.24, 2.45) is 0 Å². The van der Waals surface area contributed by atoms with Crippen LogP contribution in [0.25, 0.3) is 0 Å². The SMILES string of the molecule is CN(S)Cc1cccnn1. The maximum absolute atomic E-state index is 4.08. The summed E-state index contributed by atoms with van der Waals surface area (Å²) in [5.41, 5.74) is 0.931. The molecular formula is C6H9N3S. The van der Waals surface area contributed by atoms with Gasteiger partial charge in [-0.1, -0.05) is 12.8 Å².